The first-order chi connectivity index (χ1) is 14.4. The topological polar surface area (TPSA) is 73.3 Å². The van der Waals surface area contributed by atoms with Gasteiger partial charge in [0.2, 0.25) is 0 Å². The molecule has 0 unspecified atom stereocenters. The SMILES string of the molecule is COC(=O)CCCCc1nc(NCc2ccc(OC)c(Cl)c2)c2c(C)c(C)sc2n1. The number of carbonyl (C=O) groups is 1. The summed E-state index contributed by atoms with van der Waals surface area (Å²) in [5.41, 5.74) is 2.24. The number of halogens is 1. The molecule has 0 atom stereocenters. The molecule has 1 N–H and O–H groups in total. The number of rotatable bonds is 9. The fourth-order valence-electron chi connectivity index (χ4n) is 3.19. The zero-order valence-corrected chi connectivity index (χ0v) is 19.2. The van der Waals surface area contributed by atoms with E-state index in [9.17, 15) is 4.79 Å². The third-order valence-corrected chi connectivity index (χ3v) is 6.41. The van der Waals surface area contributed by atoms with Gasteiger partial charge in [-0.15, -0.1) is 11.3 Å². The number of ether oxygens (including phenoxy) is 2. The molecular weight excluding hydrogens is 422 g/mol. The highest BCUT2D eigenvalue weighted by Gasteiger charge is 2.15. The summed E-state index contributed by atoms with van der Waals surface area (Å²) in [6, 6.07) is 5.74. The van der Waals surface area contributed by atoms with Crippen LogP contribution in [-0.4, -0.2) is 30.2 Å². The Labute approximate surface area is 185 Å². The average molecular weight is 448 g/mol. The van der Waals surface area contributed by atoms with Gasteiger partial charge in [-0.1, -0.05) is 17.7 Å². The van der Waals surface area contributed by atoms with E-state index in [0.29, 0.717) is 30.2 Å². The van der Waals surface area contributed by atoms with E-state index in [1.54, 1.807) is 18.4 Å². The van der Waals surface area contributed by atoms with E-state index in [0.717, 1.165) is 40.3 Å². The molecule has 0 aliphatic heterocycles. The number of methoxy groups -OCH3 is 2. The van der Waals surface area contributed by atoms with E-state index < -0.39 is 0 Å². The first-order valence-corrected chi connectivity index (χ1v) is 11.0. The second kappa shape index (κ2) is 10.1. The number of esters is 1. The summed E-state index contributed by atoms with van der Waals surface area (Å²) in [6.07, 6.45) is 2.71. The summed E-state index contributed by atoms with van der Waals surface area (Å²) < 4.78 is 9.92. The quantitative estimate of drug-likeness (QED) is 0.346. The van der Waals surface area contributed by atoms with Crippen molar-refractivity contribution in [3.63, 3.8) is 0 Å². The Balaban J connectivity index is 1.79. The Bertz CT molecular complexity index is 1050. The van der Waals surface area contributed by atoms with Crippen LogP contribution < -0.4 is 10.1 Å². The number of hydrogen-bond donors (Lipinski definition) is 1. The molecule has 0 amide bonds. The minimum atomic E-state index is -0.184. The van der Waals surface area contributed by atoms with Gasteiger partial charge in [0.15, 0.2) is 0 Å². The average Bonchev–Trinajstić information content (AvgIpc) is 3.03. The Morgan fingerprint density at radius 1 is 1.20 bits per heavy atom. The molecule has 2 heterocycles. The fraction of sp³-hybridized carbons (Fsp3) is 0.409. The number of carbonyl (C=O) groups excluding carboxylic acids is 1. The van der Waals surface area contributed by atoms with Crippen LogP contribution in [0, 0.1) is 13.8 Å². The summed E-state index contributed by atoms with van der Waals surface area (Å²) in [6.45, 7) is 4.79. The molecule has 0 saturated carbocycles. The van der Waals surface area contributed by atoms with Gasteiger partial charge in [0.05, 0.1) is 24.6 Å². The molecule has 8 heteroatoms. The van der Waals surface area contributed by atoms with Crippen LogP contribution in [0.1, 0.15) is 41.1 Å². The van der Waals surface area contributed by atoms with E-state index >= 15 is 0 Å². The molecule has 0 aliphatic carbocycles. The van der Waals surface area contributed by atoms with Gasteiger partial charge in [-0.05, 0) is 49.9 Å². The Hall–Kier alpha value is -2.38. The molecule has 30 heavy (non-hydrogen) atoms. The lowest BCUT2D eigenvalue weighted by Gasteiger charge is -2.11. The van der Waals surface area contributed by atoms with Crippen LogP contribution in [0.4, 0.5) is 5.82 Å². The van der Waals surface area contributed by atoms with Crippen LogP contribution in [0.5, 0.6) is 5.75 Å². The van der Waals surface area contributed by atoms with E-state index in [1.165, 1.54) is 17.6 Å². The van der Waals surface area contributed by atoms with E-state index in [4.69, 9.17) is 31.0 Å². The second-order valence-corrected chi connectivity index (χ2v) is 8.67. The van der Waals surface area contributed by atoms with Crippen LogP contribution >= 0.6 is 22.9 Å². The van der Waals surface area contributed by atoms with E-state index in [-0.39, 0.29) is 5.97 Å². The smallest absolute Gasteiger partial charge is 0.305 e. The van der Waals surface area contributed by atoms with Crippen LogP contribution in [0.2, 0.25) is 5.02 Å². The highest BCUT2D eigenvalue weighted by molar-refractivity contribution is 7.18. The fourth-order valence-corrected chi connectivity index (χ4v) is 4.52. The molecular formula is C22H26ClN3O3S. The van der Waals surface area contributed by atoms with Crippen molar-refractivity contribution in [2.75, 3.05) is 19.5 Å². The molecule has 3 rings (SSSR count). The van der Waals surface area contributed by atoms with Gasteiger partial charge in [0.1, 0.15) is 22.2 Å². The number of aryl methyl sites for hydroxylation is 3. The molecule has 0 radical (unpaired) electrons. The van der Waals surface area contributed by atoms with Gasteiger partial charge in [-0.25, -0.2) is 9.97 Å². The standard InChI is InChI=1S/C22H26ClN3O3S/c1-13-14(2)30-22-20(13)21(24-12-15-9-10-17(28-3)16(23)11-15)25-18(26-22)7-5-6-8-19(27)29-4/h9-11H,5-8,12H2,1-4H3,(H,24,25,26). The number of thiophene rings is 1. The molecule has 160 valence electrons. The predicted octanol–water partition coefficient (Wildman–Crippen LogP) is 5.47. The Morgan fingerprint density at radius 3 is 2.70 bits per heavy atom. The number of aromatic nitrogens is 2. The van der Waals surface area contributed by atoms with Gasteiger partial charge in [-0.3, -0.25) is 4.79 Å². The molecule has 0 saturated heterocycles. The van der Waals surface area contributed by atoms with Gasteiger partial charge < -0.3 is 14.8 Å². The molecule has 0 spiro atoms. The molecule has 0 fully saturated rings. The van der Waals surface area contributed by atoms with Crippen molar-refractivity contribution in [1.82, 2.24) is 9.97 Å². The van der Waals surface area contributed by atoms with Crippen molar-refractivity contribution < 1.29 is 14.3 Å². The van der Waals surface area contributed by atoms with Gasteiger partial charge in [-0.2, -0.15) is 0 Å². The van der Waals surface area contributed by atoms with Crippen LogP contribution in [0.15, 0.2) is 18.2 Å². The first kappa shape index (κ1) is 22.3. The number of nitrogens with zero attached hydrogens (tertiary/aromatic N) is 2. The monoisotopic (exact) mass is 447 g/mol. The maximum absolute atomic E-state index is 11.3. The van der Waals surface area contributed by atoms with Crippen LogP contribution in [0.3, 0.4) is 0 Å². The van der Waals surface area contributed by atoms with E-state index in [1.807, 2.05) is 18.2 Å². The Kier molecular flexibility index (Phi) is 7.50. The van der Waals surface area contributed by atoms with E-state index in [2.05, 4.69) is 19.2 Å². The third-order valence-electron chi connectivity index (χ3n) is 5.01. The zero-order chi connectivity index (χ0) is 21.7. The highest BCUT2D eigenvalue weighted by atomic mass is 35.5. The Morgan fingerprint density at radius 2 is 2.00 bits per heavy atom. The normalized spacial score (nSPS) is 11.0. The minimum absolute atomic E-state index is 0.184. The van der Waals surface area contributed by atoms with Crippen LogP contribution in [0.25, 0.3) is 10.2 Å². The molecule has 0 bridgehead atoms. The molecule has 1 aromatic carbocycles. The van der Waals surface area contributed by atoms with Crippen molar-refractivity contribution in [3.8, 4) is 5.75 Å². The number of nitrogens with one attached hydrogen (secondary N) is 1. The lowest BCUT2D eigenvalue weighted by atomic mass is 10.1. The number of fused-ring (bicyclic) bond motifs is 1. The van der Waals surface area contributed by atoms with Gasteiger partial charge in [0, 0.05) is 24.3 Å². The van der Waals surface area contributed by atoms with Gasteiger partial charge >= 0.3 is 5.97 Å². The lowest BCUT2D eigenvalue weighted by Crippen LogP contribution is -2.06. The zero-order valence-electron chi connectivity index (χ0n) is 17.7. The molecule has 2 aromatic heterocycles. The van der Waals surface area contributed by atoms with Crippen molar-refractivity contribution in [3.05, 3.63) is 45.1 Å². The second-order valence-electron chi connectivity index (χ2n) is 7.06. The predicted molar refractivity (Wildman–Crippen MR) is 122 cm³/mol. The van der Waals surface area contributed by atoms with Gasteiger partial charge in [0.25, 0.3) is 0 Å². The maximum atomic E-state index is 11.3. The summed E-state index contributed by atoms with van der Waals surface area (Å²) in [5, 5.41) is 5.11. The van der Waals surface area contributed by atoms with Crippen molar-refractivity contribution in [1.29, 1.82) is 0 Å². The minimum Gasteiger partial charge on any atom is -0.495 e. The molecule has 6 nitrogen and oxygen atoms in total. The number of unbranched alkanes of at least 4 members (excludes halogenated alkanes) is 1. The number of anilines is 1. The summed E-state index contributed by atoms with van der Waals surface area (Å²) in [7, 11) is 3.01. The number of benzene rings is 1. The summed E-state index contributed by atoms with van der Waals surface area (Å²) in [4.78, 5) is 23.1. The third kappa shape index (κ3) is 5.21. The molecule has 0 aliphatic rings. The van der Waals surface area contributed by atoms with Crippen molar-refractivity contribution >= 4 is 44.9 Å². The van der Waals surface area contributed by atoms with Crippen molar-refractivity contribution in [2.45, 2.75) is 46.1 Å². The lowest BCUT2D eigenvalue weighted by molar-refractivity contribution is -0.140. The number of hydrogen-bond acceptors (Lipinski definition) is 7. The maximum Gasteiger partial charge on any atom is 0.305 e. The first-order valence-electron chi connectivity index (χ1n) is 9.82. The largest absolute Gasteiger partial charge is 0.495 e. The van der Waals surface area contributed by atoms with Crippen LogP contribution in [-0.2, 0) is 22.5 Å². The van der Waals surface area contributed by atoms with Crippen molar-refractivity contribution in [2.24, 2.45) is 0 Å². The highest BCUT2D eigenvalue weighted by Crippen LogP contribution is 2.34. The molecule has 3 aromatic rings. The summed E-state index contributed by atoms with van der Waals surface area (Å²) >= 11 is 7.94. The summed E-state index contributed by atoms with van der Waals surface area (Å²) in [5.74, 6) is 2.08.